The fraction of sp³-hybridized carbons (Fsp3) is 0.300. The van der Waals surface area contributed by atoms with Crippen LogP contribution >= 0.6 is 0 Å². The summed E-state index contributed by atoms with van der Waals surface area (Å²) in [6.07, 6.45) is 1.48. The highest BCUT2D eigenvalue weighted by atomic mass is 16.5. The SMILES string of the molecule is COc1cccc(NC(=O)N2CCC(NC(=O)c3ccccc3)CC2)c1. The summed E-state index contributed by atoms with van der Waals surface area (Å²) in [5.41, 5.74) is 1.36. The number of carbonyl (C=O) groups is 2. The largest absolute Gasteiger partial charge is 0.497 e. The van der Waals surface area contributed by atoms with Crippen molar-refractivity contribution >= 4 is 17.6 Å². The molecular formula is C20H23N3O3. The lowest BCUT2D eigenvalue weighted by molar-refractivity contribution is 0.0919. The molecule has 3 rings (SSSR count). The molecule has 136 valence electrons. The smallest absolute Gasteiger partial charge is 0.321 e. The first-order valence-corrected chi connectivity index (χ1v) is 8.71. The van der Waals surface area contributed by atoms with Gasteiger partial charge in [-0.15, -0.1) is 0 Å². The van der Waals surface area contributed by atoms with Gasteiger partial charge in [-0.2, -0.15) is 0 Å². The number of amides is 3. The number of ether oxygens (including phenoxy) is 1. The average Bonchev–Trinajstić information content (AvgIpc) is 2.69. The standard InChI is InChI=1S/C20H23N3O3/c1-26-18-9-5-8-17(14-18)22-20(25)23-12-10-16(11-13-23)21-19(24)15-6-3-2-4-7-15/h2-9,14,16H,10-13H2,1H3,(H,21,24)(H,22,25). The predicted molar refractivity (Wildman–Crippen MR) is 101 cm³/mol. The third-order valence-corrected chi connectivity index (χ3v) is 4.47. The van der Waals surface area contributed by atoms with E-state index in [9.17, 15) is 9.59 Å². The molecule has 2 aromatic carbocycles. The molecule has 1 saturated heterocycles. The molecule has 0 aromatic heterocycles. The zero-order valence-electron chi connectivity index (χ0n) is 14.8. The number of carbonyl (C=O) groups excluding carboxylic acids is 2. The van der Waals surface area contributed by atoms with Gasteiger partial charge in [-0.1, -0.05) is 24.3 Å². The van der Waals surface area contributed by atoms with Crippen molar-refractivity contribution in [2.75, 3.05) is 25.5 Å². The van der Waals surface area contributed by atoms with Crippen molar-refractivity contribution in [1.29, 1.82) is 0 Å². The number of methoxy groups -OCH3 is 1. The average molecular weight is 353 g/mol. The van der Waals surface area contributed by atoms with E-state index in [0.717, 1.165) is 12.8 Å². The van der Waals surface area contributed by atoms with E-state index in [-0.39, 0.29) is 18.0 Å². The maximum absolute atomic E-state index is 12.4. The lowest BCUT2D eigenvalue weighted by atomic mass is 10.0. The highest BCUT2D eigenvalue weighted by molar-refractivity contribution is 5.94. The highest BCUT2D eigenvalue weighted by Gasteiger charge is 2.24. The first-order valence-electron chi connectivity index (χ1n) is 8.71. The molecule has 6 heteroatoms. The second kappa shape index (κ2) is 8.38. The third kappa shape index (κ3) is 4.53. The van der Waals surface area contributed by atoms with Crippen molar-refractivity contribution in [3.63, 3.8) is 0 Å². The Bertz CT molecular complexity index is 756. The van der Waals surface area contributed by atoms with Crippen LogP contribution in [0.5, 0.6) is 5.75 Å². The number of benzene rings is 2. The van der Waals surface area contributed by atoms with Crippen LogP contribution in [0.1, 0.15) is 23.2 Å². The van der Waals surface area contributed by atoms with Crippen molar-refractivity contribution in [2.45, 2.75) is 18.9 Å². The van der Waals surface area contributed by atoms with Crippen molar-refractivity contribution in [3.8, 4) is 5.75 Å². The van der Waals surface area contributed by atoms with E-state index < -0.39 is 0 Å². The summed E-state index contributed by atoms with van der Waals surface area (Å²) < 4.78 is 5.16. The number of hydrogen-bond acceptors (Lipinski definition) is 3. The van der Waals surface area contributed by atoms with Gasteiger partial charge in [-0.05, 0) is 37.1 Å². The topological polar surface area (TPSA) is 70.7 Å². The second-order valence-corrected chi connectivity index (χ2v) is 6.26. The fourth-order valence-corrected chi connectivity index (χ4v) is 2.99. The molecule has 0 atom stereocenters. The molecule has 0 spiro atoms. The van der Waals surface area contributed by atoms with Crippen LogP contribution in [-0.4, -0.2) is 43.1 Å². The van der Waals surface area contributed by atoms with Crippen molar-refractivity contribution in [3.05, 3.63) is 60.2 Å². The Balaban J connectivity index is 1.48. The van der Waals surface area contributed by atoms with E-state index in [2.05, 4.69) is 10.6 Å². The Labute approximate surface area is 153 Å². The first-order chi connectivity index (χ1) is 12.7. The van der Waals surface area contributed by atoms with Gasteiger partial charge < -0.3 is 20.3 Å². The van der Waals surface area contributed by atoms with Gasteiger partial charge in [-0.3, -0.25) is 4.79 Å². The summed E-state index contributed by atoms with van der Waals surface area (Å²) in [5, 5.41) is 5.93. The van der Waals surface area contributed by atoms with Gasteiger partial charge in [-0.25, -0.2) is 4.79 Å². The summed E-state index contributed by atoms with van der Waals surface area (Å²) in [4.78, 5) is 26.4. The molecule has 26 heavy (non-hydrogen) atoms. The number of urea groups is 1. The molecule has 2 aromatic rings. The number of nitrogens with one attached hydrogen (secondary N) is 2. The van der Waals surface area contributed by atoms with Gasteiger partial charge in [0.1, 0.15) is 5.75 Å². The molecule has 2 N–H and O–H groups in total. The molecule has 1 fully saturated rings. The number of hydrogen-bond donors (Lipinski definition) is 2. The summed E-state index contributed by atoms with van der Waals surface area (Å²) in [6, 6.07) is 16.4. The molecule has 0 bridgehead atoms. The van der Waals surface area contributed by atoms with Crippen LogP contribution in [0.25, 0.3) is 0 Å². The summed E-state index contributed by atoms with van der Waals surface area (Å²) in [5.74, 6) is 0.634. The Morgan fingerprint density at radius 3 is 2.46 bits per heavy atom. The Kier molecular flexibility index (Phi) is 5.73. The monoisotopic (exact) mass is 353 g/mol. The number of rotatable bonds is 4. The zero-order valence-corrected chi connectivity index (χ0v) is 14.8. The zero-order chi connectivity index (χ0) is 18.4. The minimum atomic E-state index is -0.133. The van der Waals surface area contributed by atoms with E-state index in [1.165, 1.54) is 0 Å². The fourth-order valence-electron chi connectivity index (χ4n) is 2.99. The van der Waals surface area contributed by atoms with Crippen molar-refractivity contribution < 1.29 is 14.3 Å². The first kappa shape index (κ1) is 17.8. The van der Waals surface area contributed by atoms with Gasteiger partial charge in [0.2, 0.25) is 0 Å². The van der Waals surface area contributed by atoms with Crippen LogP contribution < -0.4 is 15.4 Å². The number of likely N-dealkylation sites (tertiary alicyclic amines) is 1. The molecule has 1 aliphatic rings. The van der Waals surface area contributed by atoms with Crippen molar-refractivity contribution in [2.24, 2.45) is 0 Å². The molecule has 6 nitrogen and oxygen atoms in total. The van der Waals surface area contributed by atoms with Crippen LogP contribution in [0.15, 0.2) is 54.6 Å². The molecule has 0 aliphatic carbocycles. The van der Waals surface area contributed by atoms with Crippen LogP contribution in [0, 0.1) is 0 Å². The Morgan fingerprint density at radius 2 is 1.77 bits per heavy atom. The molecule has 1 aliphatic heterocycles. The molecule has 1 heterocycles. The molecule has 0 saturated carbocycles. The number of piperidine rings is 1. The minimum Gasteiger partial charge on any atom is -0.497 e. The van der Waals surface area contributed by atoms with Crippen LogP contribution in [0.4, 0.5) is 10.5 Å². The summed E-state index contributed by atoms with van der Waals surface area (Å²) >= 11 is 0. The van der Waals surface area contributed by atoms with Gasteiger partial charge in [0, 0.05) is 36.4 Å². The third-order valence-electron chi connectivity index (χ3n) is 4.47. The second-order valence-electron chi connectivity index (χ2n) is 6.26. The normalized spacial score (nSPS) is 14.6. The molecule has 0 unspecified atom stereocenters. The Hall–Kier alpha value is -3.02. The van der Waals surface area contributed by atoms with E-state index in [4.69, 9.17) is 4.74 Å². The lowest BCUT2D eigenvalue weighted by Gasteiger charge is -2.32. The summed E-state index contributed by atoms with van der Waals surface area (Å²) in [7, 11) is 1.59. The van der Waals surface area contributed by atoms with E-state index in [1.807, 2.05) is 36.4 Å². The predicted octanol–water partition coefficient (Wildman–Crippen LogP) is 3.12. The summed E-state index contributed by atoms with van der Waals surface area (Å²) in [6.45, 7) is 1.21. The number of nitrogens with zero attached hydrogens (tertiary/aromatic N) is 1. The molecule has 0 radical (unpaired) electrons. The molecule has 3 amide bonds. The maximum Gasteiger partial charge on any atom is 0.321 e. The van der Waals surface area contributed by atoms with E-state index in [1.54, 1.807) is 30.2 Å². The van der Waals surface area contributed by atoms with Crippen LogP contribution in [0.3, 0.4) is 0 Å². The van der Waals surface area contributed by atoms with Crippen molar-refractivity contribution in [1.82, 2.24) is 10.2 Å². The quantitative estimate of drug-likeness (QED) is 0.887. The van der Waals surface area contributed by atoms with Gasteiger partial charge in [0.15, 0.2) is 0 Å². The number of anilines is 1. The Morgan fingerprint density at radius 1 is 1.04 bits per heavy atom. The van der Waals surface area contributed by atoms with Gasteiger partial charge in [0.05, 0.1) is 7.11 Å². The maximum atomic E-state index is 12.4. The van der Waals surface area contributed by atoms with E-state index >= 15 is 0 Å². The van der Waals surface area contributed by atoms with Crippen LogP contribution in [-0.2, 0) is 0 Å². The lowest BCUT2D eigenvalue weighted by Crippen LogP contribution is -2.47. The molecular weight excluding hydrogens is 330 g/mol. The minimum absolute atomic E-state index is 0.0649. The van der Waals surface area contributed by atoms with Gasteiger partial charge >= 0.3 is 6.03 Å². The van der Waals surface area contributed by atoms with Gasteiger partial charge in [0.25, 0.3) is 5.91 Å². The van der Waals surface area contributed by atoms with Crippen LogP contribution in [0.2, 0.25) is 0 Å². The van der Waals surface area contributed by atoms with E-state index in [0.29, 0.717) is 30.1 Å². The highest BCUT2D eigenvalue weighted by Crippen LogP contribution is 2.18.